The van der Waals surface area contributed by atoms with Crippen molar-refractivity contribution in [2.24, 2.45) is 0 Å². The Kier molecular flexibility index (Phi) is 33.5. The van der Waals surface area contributed by atoms with Crippen LogP contribution in [0.4, 0.5) is 0 Å². The number of phosphoric ester groups is 3. The van der Waals surface area contributed by atoms with Crippen LogP contribution >= 0.6 is 46.3 Å². The van der Waals surface area contributed by atoms with Gasteiger partial charge >= 0.3 is 58.2 Å². The summed E-state index contributed by atoms with van der Waals surface area (Å²) in [5.74, 6) is -0.934. The Bertz CT molecular complexity index is 1250. The second-order valence-electron chi connectivity index (χ2n) is 8.88. The van der Waals surface area contributed by atoms with Gasteiger partial charge in [-0.25, -0.2) is 18.2 Å². The highest BCUT2D eigenvalue weighted by molar-refractivity contribution is 7.53. The van der Waals surface area contributed by atoms with E-state index in [1.165, 1.54) is 76.9 Å². The third-order valence-electron chi connectivity index (χ3n) is 4.79. The molecule has 0 aromatic heterocycles. The zero-order valence-electron chi connectivity index (χ0n) is 32.0. The lowest BCUT2D eigenvalue weighted by Crippen LogP contribution is -2.25. The van der Waals surface area contributed by atoms with Crippen molar-refractivity contribution in [3.8, 4) is 0 Å². The fourth-order valence-electron chi connectivity index (χ4n) is 2.10. The van der Waals surface area contributed by atoms with E-state index in [1.807, 2.05) is 0 Å². The van der Waals surface area contributed by atoms with Gasteiger partial charge in [0, 0.05) is 111 Å². The Hall–Kier alpha value is -0.280. The minimum atomic E-state index is -3.65. The van der Waals surface area contributed by atoms with Crippen molar-refractivity contribution < 1.29 is 115 Å². The lowest BCUT2D eigenvalue weighted by atomic mass is 10.4. The van der Waals surface area contributed by atoms with Gasteiger partial charge in [0.1, 0.15) is 0 Å². The Labute approximate surface area is 309 Å². The average Bonchev–Trinajstić information content (AvgIpc) is 3.08. The van der Waals surface area contributed by atoms with Crippen LogP contribution in [-0.2, 0) is 105 Å². The summed E-state index contributed by atoms with van der Waals surface area (Å²) in [5.41, 5.74) is 0. The number of carbonyl (C=O) groups excluding carboxylic acids is 2. The van der Waals surface area contributed by atoms with Crippen molar-refractivity contribution in [2.75, 3.05) is 97.2 Å². The van der Waals surface area contributed by atoms with E-state index in [9.17, 15) is 37.0 Å². The predicted molar refractivity (Wildman–Crippen MR) is 185 cm³/mol. The molecule has 25 nitrogen and oxygen atoms in total. The van der Waals surface area contributed by atoms with Crippen molar-refractivity contribution in [2.45, 2.75) is 39.3 Å². The van der Waals surface area contributed by atoms with Crippen LogP contribution in [0.15, 0.2) is 0 Å². The van der Waals surface area contributed by atoms with Crippen LogP contribution in [0.3, 0.4) is 0 Å². The molecule has 5 atom stereocenters. The SMILES string of the molecule is CC(=O)OC1CCOP(C)(=O)O1.COP(=O)(O)OC.COP(=O)(OC)OC.COP(C)(=O)O.COP(C)(=O)OC.COP1(=O)OCCC(OC(C)=O)O1. The number of esters is 2. The Morgan fingerprint density at radius 2 is 0.981 bits per heavy atom. The molecular weight excluding hydrogens is 850 g/mol. The molecule has 322 valence electrons. The molecule has 2 N–H and O–H groups in total. The van der Waals surface area contributed by atoms with E-state index in [4.69, 9.17) is 37.4 Å². The van der Waals surface area contributed by atoms with Crippen LogP contribution in [0.1, 0.15) is 26.7 Å². The molecule has 0 spiro atoms. The standard InChI is InChI=1S/C6H11O6P.C6H11O5P.C3H9O4P.C3H9O3P.C2H7O4P.C2H7O3P/c1-5(7)11-6-3-4-10-13(8,9-2)12-6;1-5(7)10-6-3-4-9-12(2,8)11-6;1-5-8(4,6-2)7-3;2*1-5-7(3,4)6-2;1-5-6(2,3)4/h6H,3-4H2,1-2H3;6H,3-4H2,1-2H3;1-3H3;1-3H3;1-2H3,(H,3,4);1-2H3,(H,3,4). The summed E-state index contributed by atoms with van der Waals surface area (Å²) in [6, 6.07) is 0. The van der Waals surface area contributed by atoms with Gasteiger partial charge in [0.05, 0.1) is 13.2 Å². The van der Waals surface area contributed by atoms with E-state index in [2.05, 4.69) is 40.7 Å². The van der Waals surface area contributed by atoms with Gasteiger partial charge in [0.25, 0.3) is 0 Å². The van der Waals surface area contributed by atoms with Gasteiger partial charge in [-0.2, -0.15) is 0 Å². The number of hydrogen-bond acceptors (Lipinski definition) is 23. The highest BCUT2D eigenvalue weighted by Crippen LogP contribution is 2.53. The third kappa shape index (κ3) is 37.1. The molecule has 0 aliphatic carbocycles. The van der Waals surface area contributed by atoms with Crippen molar-refractivity contribution in [1.82, 2.24) is 0 Å². The van der Waals surface area contributed by atoms with Crippen molar-refractivity contribution in [3.05, 3.63) is 0 Å². The first-order valence-corrected chi connectivity index (χ1v) is 24.5. The smallest absolute Gasteiger partial charge is 0.435 e. The minimum Gasteiger partial charge on any atom is -0.435 e. The maximum Gasteiger partial charge on any atom is 0.477 e. The summed E-state index contributed by atoms with van der Waals surface area (Å²) in [7, 11) is -8.00. The zero-order valence-corrected chi connectivity index (χ0v) is 37.3. The molecule has 2 rings (SSSR count). The molecule has 0 radical (unpaired) electrons. The number of phosphoric acid groups is 3. The molecule has 2 aliphatic rings. The van der Waals surface area contributed by atoms with E-state index in [1.54, 1.807) is 0 Å². The maximum absolute atomic E-state index is 11.3. The predicted octanol–water partition coefficient (Wildman–Crippen LogP) is 5.17. The quantitative estimate of drug-likeness (QED) is 0.200. The fourth-order valence-corrected chi connectivity index (χ4v) is 4.94. The molecule has 31 heteroatoms. The first-order chi connectivity index (χ1) is 24.0. The number of carbonyl (C=O) groups is 2. The normalized spacial score (nSPS) is 23.7. The first-order valence-electron chi connectivity index (χ1n) is 14.0. The Morgan fingerprint density at radius 3 is 1.19 bits per heavy atom. The van der Waals surface area contributed by atoms with E-state index in [-0.39, 0.29) is 6.61 Å². The molecule has 0 amide bonds. The molecule has 0 aromatic rings. The summed E-state index contributed by atoms with van der Waals surface area (Å²) in [6.07, 6.45) is -0.770. The number of ether oxygens (including phenoxy) is 2. The van der Waals surface area contributed by atoms with Crippen molar-refractivity contribution in [3.63, 3.8) is 0 Å². The second kappa shape index (κ2) is 29.9. The van der Waals surface area contributed by atoms with Gasteiger partial charge in [0.2, 0.25) is 12.6 Å². The van der Waals surface area contributed by atoms with E-state index in [0.717, 1.165) is 20.9 Å². The summed E-state index contributed by atoms with van der Waals surface area (Å²) < 4.78 is 131. The molecule has 53 heavy (non-hydrogen) atoms. The maximum atomic E-state index is 11.3. The molecule has 0 bridgehead atoms. The molecule has 5 unspecified atom stereocenters. The zero-order chi connectivity index (χ0) is 42.7. The summed E-state index contributed by atoms with van der Waals surface area (Å²) >= 11 is 0. The molecule has 0 aromatic carbocycles. The van der Waals surface area contributed by atoms with Crippen molar-refractivity contribution >= 4 is 58.2 Å². The number of rotatable bonds is 11. The van der Waals surface area contributed by atoms with Crippen LogP contribution in [0.25, 0.3) is 0 Å². The van der Waals surface area contributed by atoms with Gasteiger partial charge in [-0.3, -0.25) is 59.5 Å². The molecule has 2 fully saturated rings. The van der Waals surface area contributed by atoms with Crippen LogP contribution in [0.5, 0.6) is 0 Å². The third-order valence-corrected chi connectivity index (χ3v) is 11.8. The Balaban J connectivity index is -0.000000279. The summed E-state index contributed by atoms with van der Waals surface area (Å²) in [4.78, 5) is 37.4. The van der Waals surface area contributed by atoms with Gasteiger partial charge in [-0.15, -0.1) is 0 Å². The highest BCUT2D eigenvalue weighted by Gasteiger charge is 2.35. The number of hydrogen-bond donors (Lipinski definition) is 2. The molecule has 0 saturated carbocycles. The lowest BCUT2D eigenvalue weighted by Gasteiger charge is -2.26. The van der Waals surface area contributed by atoms with Gasteiger partial charge in [-0.05, 0) is 0 Å². The average molecular weight is 904 g/mol. The summed E-state index contributed by atoms with van der Waals surface area (Å²) in [6.45, 7) is 6.90. The first kappa shape index (κ1) is 59.4. The largest absolute Gasteiger partial charge is 0.477 e. The van der Waals surface area contributed by atoms with Crippen LogP contribution in [0, 0.1) is 0 Å². The Morgan fingerprint density at radius 1 is 0.623 bits per heavy atom. The molecule has 2 saturated heterocycles. The van der Waals surface area contributed by atoms with Crippen LogP contribution in [-0.4, -0.2) is 132 Å². The monoisotopic (exact) mass is 904 g/mol. The fraction of sp³-hybridized carbons (Fsp3) is 0.909. The van der Waals surface area contributed by atoms with Gasteiger partial charge in [0.15, 0.2) is 0 Å². The molecule has 2 aliphatic heterocycles. The van der Waals surface area contributed by atoms with Crippen LogP contribution < -0.4 is 0 Å². The van der Waals surface area contributed by atoms with E-state index >= 15 is 0 Å². The molecular formula is C22H54O25P6. The van der Waals surface area contributed by atoms with Crippen LogP contribution in [0.2, 0.25) is 0 Å². The van der Waals surface area contributed by atoms with Gasteiger partial charge < -0.3 is 37.4 Å². The summed E-state index contributed by atoms with van der Waals surface area (Å²) in [5, 5.41) is 0. The van der Waals surface area contributed by atoms with Gasteiger partial charge in [-0.1, -0.05) is 0 Å². The van der Waals surface area contributed by atoms with E-state index in [0.29, 0.717) is 19.4 Å². The molecule has 2 heterocycles. The van der Waals surface area contributed by atoms with E-state index < -0.39 is 70.8 Å². The topological polar surface area (TPSA) is 315 Å². The second-order valence-corrected chi connectivity index (χ2v) is 20.5. The lowest BCUT2D eigenvalue weighted by molar-refractivity contribution is -0.170. The minimum absolute atomic E-state index is 0.184. The van der Waals surface area contributed by atoms with Crippen molar-refractivity contribution in [1.29, 1.82) is 0 Å². The highest BCUT2D eigenvalue weighted by atomic mass is 31.2.